The minimum Gasteiger partial charge on any atom is -0.497 e. The third-order valence-corrected chi connectivity index (χ3v) is 5.33. The van der Waals surface area contributed by atoms with E-state index in [1.54, 1.807) is 33.0 Å². The zero-order valence-electron chi connectivity index (χ0n) is 16.9. The van der Waals surface area contributed by atoms with Crippen LogP contribution >= 0.6 is 11.3 Å². The maximum Gasteiger partial charge on any atom is 0.235 e. The molecule has 0 saturated heterocycles. The molecule has 2 aromatic carbocycles. The predicted molar refractivity (Wildman–Crippen MR) is 116 cm³/mol. The van der Waals surface area contributed by atoms with Gasteiger partial charge in [-0.3, -0.25) is 0 Å². The molecule has 0 aliphatic heterocycles. The Morgan fingerprint density at radius 2 is 1.53 bits per heavy atom. The molecule has 0 spiro atoms. The minimum absolute atomic E-state index is 0.519. The van der Waals surface area contributed by atoms with Gasteiger partial charge in [0.05, 0.1) is 28.4 Å². The zero-order valence-corrected chi connectivity index (χ0v) is 17.8. The number of fused-ring (bicyclic) bond motifs is 1. The summed E-state index contributed by atoms with van der Waals surface area (Å²) < 4.78 is 23.2. The van der Waals surface area contributed by atoms with E-state index in [2.05, 4.69) is 15.3 Å². The van der Waals surface area contributed by atoms with Crippen molar-refractivity contribution in [2.24, 2.45) is 0 Å². The first-order valence-electron chi connectivity index (χ1n) is 9.01. The second-order valence-electron chi connectivity index (χ2n) is 6.18. The topological polar surface area (TPSA) is 80.0 Å². The Hall–Kier alpha value is -3.59. The Kier molecular flexibility index (Phi) is 5.53. The molecule has 0 amide bonds. The third-order valence-electron chi connectivity index (χ3n) is 4.46. The zero-order chi connectivity index (χ0) is 21.1. The van der Waals surface area contributed by atoms with Gasteiger partial charge in [0.1, 0.15) is 10.8 Å². The summed E-state index contributed by atoms with van der Waals surface area (Å²) in [6.45, 7) is 0. The number of benzene rings is 2. The Balaban J connectivity index is 1.68. The molecule has 30 heavy (non-hydrogen) atoms. The molecule has 4 aromatic rings. The van der Waals surface area contributed by atoms with Gasteiger partial charge in [-0.15, -0.1) is 10.2 Å². The van der Waals surface area contributed by atoms with Gasteiger partial charge in [-0.25, -0.2) is 0 Å². The highest BCUT2D eigenvalue weighted by atomic mass is 32.1. The highest BCUT2D eigenvalue weighted by Gasteiger charge is 2.18. The standard InChI is InChI=1S/C21H20N4O4S/c1-26-15-8-5-13(6-9-15)7-10-18-24-25-20(22-23-21(25)30-18)14-11-16(27-2)19(29-4)17(12-14)28-3/h5-12H,1-4H3. The lowest BCUT2D eigenvalue weighted by Gasteiger charge is -2.13. The van der Waals surface area contributed by atoms with Crippen LogP contribution in [0.25, 0.3) is 28.5 Å². The summed E-state index contributed by atoms with van der Waals surface area (Å²) in [6, 6.07) is 11.4. The fourth-order valence-electron chi connectivity index (χ4n) is 2.97. The van der Waals surface area contributed by atoms with Gasteiger partial charge in [0.15, 0.2) is 17.3 Å². The summed E-state index contributed by atoms with van der Waals surface area (Å²) in [7, 11) is 6.36. The number of hydrogen-bond donors (Lipinski definition) is 0. The van der Waals surface area contributed by atoms with Gasteiger partial charge < -0.3 is 18.9 Å². The Labute approximate surface area is 177 Å². The van der Waals surface area contributed by atoms with Crippen LogP contribution < -0.4 is 18.9 Å². The number of aromatic nitrogens is 4. The van der Waals surface area contributed by atoms with Gasteiger partial charge in [0.2, 0.25) is 10.7 Å². The molecule has 8 nitrogen and oxygen atoms in total. The van der Waals surface area contributed by atoms with E-state index in [0.29, 0.717) is 28.0 Å². The Morgan fingerprint density at radius 3 is 2.13 bits per heavy atom. The van der Waals surface area contributed by atoms with E-state index in [-0.39, 0.29) is 0 Å². The number of rotatable bonds is 7. The first-order valence-corrected chi connectivity index (χ1v) is 9.83. The van der Waals surface area contributed by atoms with Crippen LogP contribution in [0.15, 0.2) is 36.4 Å². The van der Waals surface area contributed by atoms with Gasteiger partial charge in [0, 0.05) is 5.56 Å². The van der Waals surface area contributed by atoms with Crippen molar-refractivity contribution in [2.75, 3.05) is 28.4 Å². The van der Waals surface area contributed by atoms with Gasteiger partial charge in [0.25, 0.3) is 0 Å². The summed E-state index contributed by atoms with van der Waals surface area (Å²) in [4.78, 5) is 0.688. The third kappa shape index (κ3) is 3.67. The van der Waals surface area contributed by atoms with Crippen molar-refractivity contribution in [1.82, 2.24) is 19.8 Å². The minimum atomic E-state index is 0.519. The van der Waals surface area contributed by atoms with Crippen molar-refractivity contribution in [3.8, 4) is 34.4 Å². The summed E-state index contributed by atoms with van der Waals surface area (Å²) >= 11 is 1.45. The highest BCUT2D eigenvalue weighted by Crippen LogP contribution is 2.41. The average molecular weight is 424 g/mol. The van der Waals surface area contributed by atoms with Crippen molar-refractivity contribution >= 4 is 28.4 Å². The molecule has 0 aliphatic rings. The smallest absolute Gasteiger partial charge is 0.235 e. The monoisotopic (exact) mass is 424 g/mol. The number of methoxy groups -OCH3 is 4. The van der Waals surface area contributed by atoms with Crippen LogP contribution in [0.4, 0.5) is 0 Å². The highest BCUT2D eigenvalue weighted by molar-refractivity contribution is 7.17. The molecular weight excluding hydrogens is 404 g/mol. The second kappa shape index (κ2) is 8.42. The Morgan fingerprint density at radius 1 is 0.833 bits per heavy atom. The first-order chi connectivity index (χ1) is 14.7. The molecule has 2 heterocycles. The van der Waals surface area contributed by atoms with Gasteiger partial charge >= 0.3 is 0 Å². The van der Waals surface area contributed by atoms with E-state index in [4.69, 9.17) is 18.9 Å². The lowest BCUT2D eigenvalue weighted by atomic mass is 10.1. The van der Waals surface area contributed by atoms with Crippen LogP contribution in [0.5, 0.6) is 23.0 Å². The van der Waals surface area contributed by atoms with Crippen molar-refractivity contribution < 1.29 is 18.9 Å². The van der Waals surface area contributed by atoms with E-state index in [1.165, 1.54) is 11.3 Å². The number of ether oxygens (including phenoxy) is 4. The second-order valence-corrected chi connectivity index (χ2v) is 7.17. The van der Waals surface area contributed by atoms with E-state index in [1.807, 2.05) is 48.6 Å². The molecule has 0 fully saturated rings. The first kappa shape index (κ1) is 19.7. The lowest BCUT2D eigenvalue weighted by molar-refractivity contribution is 0.324. The number of nitrogens with zero attached hydrogens (tertiary/aromatic N) is 4. The van der Waals surface area contributed by atoms with Crippen LogP contribution in [-0.2, 0) is 0 Å². The van der Waals surface area contributed by atoms with E-state index >= 15 is 0 Å². The molecule has 0 atom stereocenters. The molecule has 0 N–H and O–H groups in total. The normalized spacial score (nSPS) is 11.2. The molecule has 9 heteroatoms. The maximum absolute atomic E-state index is 5.44. The molecule has 0 unspecified atom stereocenters. The summed E-state index contributed by atoms with van der Waals surface area (Å²) in [6.07, 6.45) is 3.93. The van der Waals surface area contributed by atoms with Gasteiger partial charge in [-0.2, -0.15) is 9.61 Å². The van der Waals surface area contributed by atoms with Crippen LogP contribution in [-0.4, -0.2) is 48.3 Å². The van der Waals surface area contributed by atoms with Crippen LogP contribution in [0, 0.1) is 0 Å². The molecule has 0 saturated carbocycles. The van der Waals surface area contributed by atoms with Crippen molar-refractivity contribution in [3.05, 3.63) is 47.0 Å². The molecule has 2 aromatic heterocycles. The number of hydrogen-bond acceptors (Lipinski definition) is 8. The molecule has 0 radical (unpaired) electrons. The van der Waals surface area contributed by atoms with Gasteiger partial charge in [-0.1, -0.05) is 29.5 Å². The van der Waals surface area contributed by atoms with Crippen molar-refractivity contribution in [1.29, 1.82) is 0 Å². The van der Waals surface area contributed by atoms with Crippen LogP contribution in [0.3, 0.4) is 0 Å². The summed E-state index contributed by atoms with van der Waals surface area (Å²) in [5.41, 5.74) is 1.81. The maximum atomic E-state index is 5.44. The summed E-state index contributed by atoms with van der Waals surface area (Å²) in [5, 5.41) is 14.0. The van der Waals surface area contributed by atoms with Crippen molar-refractivity contribution in [3.63, 3.8) is 0 Å². The van der Waals surface area contributed by atoms with Crippen LogP contribution in [0.2, 0.25) is 0 Å². The van der Waals surface area contributed by atoms with Crippen molar-refractivity contribution in [2.45, 2.75) is 0 Å². The fourth-order valence-corrected chi connectivity index (χ4v) is 3.71. The predicted octanol–water partition coefficient (Wildman–Crippen LogP) is 4.06. The fraction of sp³-hybridized carbons (Fsp3) is 0.190. The molecule has 0 aliphatic carbocycles. The van der Waals surface area contributed by atoms with Crippen LogP contribution in [0.1, 0.15) is 10.6 Å². The Bertz CT molecular complexity index is 1170. The molecule has 0 bridgehead atoms. The van der Waals surface area contributed by atoms with Gasteiger partial charge in [-0.05, 0) is 35.9 Å². The summed E-state index contributed by atoms with van der Waals surface area (Å²) in [5.74, 6) is 3.01. The molecule has 154 valence electrons. The lowest BCUT2D eigenvalue weighted by Crippen LogP contribution is -1.97. The van der Waals surface area contributed by atoms with E-state index in [9.17, 15) is 0 Å². The van der Waals surface area contributed by atoms with E-state index < -0.39 is 0 Å². The average Bonchev–Trinajstić information content (AvgIpc) is 3.37. The van der Waals surface area contributed by atoms with E-state index in [0.717, 1.165) is 21.9 Å². The quantitative estimate of drug-likeness (QED) is 0.443. The molecule has 4 rings (SSSR count). The SMILES string of the molecule is COc1ccc(C=Cc2nn3c(-c4cc(OC)c(OC)c(OC)c4)nnc3s2)cc1. The largest absolute Gasteiger partial charge is 0.497 e. The molecular formula is C21H20N4O4S.